The number of allylic oxidation sites excluding steroid dienone is 1. The highest BCUT2D eigenvalue weighted by atomic mass is 16.4. The standard InChI is InChI=1S/C44H57N3O7/c1-25(30(24-47-37(45)46)42(52)17-10-13-27(21-42)36(50)51)29-22-43(53)19-20-44(54)28(15-14-26-11-8-7-9-12-26)34-38(2,3)32(49)16-18-39(34,4)33-31(48)23-40(29,5)41(43,6)35(33)44/h7-9,11-12,14-15,19-21,25,28-30,34,52-54H,10,13,16-18,22-24H2,1-6H3,(H,50,51)(H4,45,46,47). The van der Waals surface area contributed by atoms with Crippen LogP contribution in [0.4, 0.5) is 0 Å². The number of hydrogen-bond acceptors (Lipinski definition) is 7. The first-order valence-corrected chi connectivity index (χ1v) is 19.5. The molecule has 1 aromatic rings. The minimum Gasteiger partial charge on any atom is -0.478 e. The van der Waals surface area contributed by atoms with Crippen molar-refractivity contribution in [3.05, 3.63) is 76.9 Å². The number of carbonyl (C=O) groups is 3. The van der Waals surface area contributed by atoms with Crippen LogP contribution in [0.25, 0.3) is 6.08 Å². The lowest BCUT2D eigenvalue weighted by Crippen LogP contribution is -2.69. The van der Waals surface area contributed by atoms with Crippen molar-refractivity contribution in [2.75, 3.05) is 6.54 Å². The number of carboxylic acid groups (broad SMARTS) is 1. The van der Waals surface area contributed by atoms with Gasteiger partial charge in [0.2, 0.25) is 0 Å². The van der Waals surface area contributed by atoms with Crippen molar-refractivity contribution in [2.24, 2.45) is 67.7 Å². The summed E-state index contributed by atoms with van der Waals surface area (Å²) in [5.74, 6) is -3.72. The van der Waals surface area contributed by atoms with Gasteiger partial charge in [-0.25, -0.2) is 4.79 Å². The Morgan fingerprint density at radius 1 is 1.00 bits per heavy atom. The molecule has 0 spiro atoms. The fourth-order valence-electron chi connectivity index (χ4n) is 13.1. The van der Waals surface area contributed by atoms with E-state index in [-0.39, 0.29) is 42.5 Å². The lowest BCUT2D eigenvalue weighted by Gasteiger charge is -2.68. The van der Waals surface area contributed by atoms with Crippen LogP contribution in [0, 0.1) is 51.2 Å². The van der Waals surface area contributed by atoms with Crippen LogP contribution in [-0.2, 0) is 14.4 Å². The predicted molar refractivity (Wildman–Crippen MR) is 206 cm³/mol. The Bertz CT molecular complexity index is 1940. The SMILES string of the molecule is CC(C(CN=C(N)N)C1(O)C=C(C(=O)O)CCC1)C1CC2(O)C=CC3(O)C4=C(C(=O)CC1(C)C42C)C1(C)CCC(=O)C(C)(C)C1C3C=Cc1ccccc1. The molecule has 0 heterocycles. The van der Waals surface area contributed by atoms with Crippen molar-refractivity contribution in [2.45, 2.75) is 103 Å². The van der Waals surface area contributed by atoms with Gasteiger partial charge in [0, 0.05) is 58.6 Å². The van der Waals surface area contributed by atoms with Gasteiger partial charge in [0.1, 0.15) is 11.4 Å². The number of nitrogens with zero attached hydrogens (tertiary/aromatic N) is 1. The zero-order valence-electron chi connectivity index (χ0n) is 32.4. The number of guanidine groups is 1. The van der Waals surface area contributed by atoms with Crippen LogP contribution in [0.1, 0.15) is 92.1 Å². The smallest absolute Gasteiger partial charge is 0.331 e. The summed E-state index contributed by atoms with van der Waals surface area (Å²) in [6.07, 6.45) is 11.1. The molecule has 11 atom stereocenters. The van der Waals surface area contributed by atoms with Gasteiger partial charge in [-0.2, -0.15) is 0 Å². The number of carbonyl (C=O) groups excluding carboxylic acids is 2. The summed E-state index contributed by atoms with van der Waals surface area (Å²) in [6.45, 7) is 12.0. The van der Waals surface area contributed by atoms with E-state index in [1.165, 1.54) is 6.08 Å². The summed E-state index contributed by atoms with van der Waals surface area (Å²) in [6, 6.07) is 9.81. The van der Waals surface area contributed by atoms with Gasteiger partial charge in [-0.3, -0.25) is 14.6 Å². The number of aliphatic hydroxyl groups is 3. The molecular formula is C44H57N3O7. The molecule has 290 valence electrons. The van der Waals surface area contributed by atoms with Gasteiger partial charge in [-0.1, -0.05) is 90.1 Å². The van der Waals surface area contributed by atoms with Crippen LogP contribution in [0.15, 0.2) is 76.3 Å². The highest BCUT2D eigenvalue weighted by Crippen LogP contribution is 2.78. The number of carboxylic acids is 1. The summed E-state index contributed by atoms with van der Waals surface area (Å²) < 4.78 is 0. The maximum Gasteiger partial charge on any atom is 0.331 e. The molecule has 0 bridgehead atoms. The second kappa shape index (κ2) is 12.3. The van der Waals surface area contributed by atoms with E-state index >= 15 is 4.79 Å². The predicted octanol–water partition coefficient (Wildman–Crippen LogP) is 5.13. The maximum absolute atomic E-state index is 15.2. The third-order valence-electron chi connectivity index (χ3n) is 15.8. The van der Waals surface area contributed by atoms with Crippen LogP contribution in [0.3, 0.4) is 0 Å². The molecule has 0 saturated heterocycles. The van der Waals surface area contributed by atoms with Gasteiger partial charge in [0.05, 0.1) is 11.2 Å². The number of aliphatic imine (C=N–C) groups is 1. The van der Waals surface area contributed by atoms with Crippen molar-refractivity contribution in [3.63, 3.8) is 0 Å². The molecule has 54 heavy (non-hydrogen) atoms. The number of ketones is 2. The molecular weight excluding hydrogens is 682 g/mol. The average molecular weight is 740 g/mol. The van der Waals surface area contributed by atoms with Gasteiger partial charge in [0.15, 0.2) is 11.7 Å². The van der Waals surface area contributed by atoms with E-state index in [1.807, 2.05) is 77.1 Å². The number of nitrogens with two attached hydrogens (primary N) is 2. The Morgan fingerprint density at radius 2 is 1.69 bits per heavy atom. The second-order valence-electron chi connectivity index (χ2n) is 18.7. The van der Waals surface area contributed by atoms with Gasteiger partial charge < -0.3 is 31.9 Å². The van der Waals surface area contributed by atoms with Gasteiger partial charge in [-0.05, 0) is 78.6 Å². The van der Waals surface area contributed by atoms with Crippen LogP contribution < -0.4 is 11.5 Å². The van der Waals surface area contributed by atoms with Crippen LogP contribution >= 0.6 is 0 Å². The molecule has 0 amide bonds. The van der Waals surface area contributed by atoms with E-state index in [0.717, 1.165) is 5.56 Å². The Kier molecular flexibility index (Phi) is 8.77. The van der Waals surface area contributed by atoms with E-state index in [1.54, 1.807) is 12.2 Å². The van der Waals surface area contributed by atoms with Crippen molar-refractivity contribution in [1.82, 2.24) is 0 Å². The molecule has 10 heteroatoms. The number of benzene rings is 1. The molecule has 2 saturated carbocycles. The quantitative estimate of drug-likeness (QED) is 0.119. The molecule has 6 aliphatic rings. The number of Topliss-reactive ketones (excluding diaryl/α,β-unsaturated/α-hetero) is 2. The molecule has 1 aromatic carbocycles. The van der Waals surface area contributed by atoms with Crippen LogP contribution in [0.5, 0.6) is 0 Å². The fraction of sp³-hybridized carbons (Fsp3) is 0.591. The molecule has 0 aliphatic heterocycles. The summed E-state index contributed by atoms with van der Waals surface area (Å²) >= 11 is 0. The molecule has 8 N–H and O–H groups in total. The largest absolute Gasteiger partial charge is 0.478 e. The minimum atomic E-state index is -1.70. The number of rotatable bonds is 8. The Morgan fingerprint density at radius 3 is 2.33 bits per heavy atom. The molecule has 7 rings (SSSR count). The van der Waals surface area contributed by atoms with Crippen molar-refractivity contribution in [1.29, 1.82) is 0 Å². The van der Waals surface area contributed by atoms with E-state index in [9.17, 15) is 30.0 Å². The van der Waals surface area contributed by atoms with E-state index in [4.69, 9.17) is 11.5 Å². The zero-order valence-corrected chi connectivity index (χ0v) is 32.4. The van der Waals surface area contributed by atoms with Gasteiger partial charge in [-0.15, -0.1) is 0 Å². The van der Waals surface area contributed by atoms with Crippen molar-refractivity contribution < 1.29 is 34.8 Å². The minimum absolute atomic E-state index is 0.0159. The first-order valence-electron chi connectivity index (χ1n) is 19.5. The number of aliphatic carboxylic acids is 1. The van der Waals surface area contributed by atoms with E-state index < -0.39 is 74.0 Å². The fourth-order valence-corrected chi connectivity index (χ4v) is 13.1. The topological polar surface area (TPSA) is 197 Å². The normalized spacial score (nSPS) is 41.9. The molecule has 11 unspecified atom stereocenters. The zero-order chi connectivity index (χ0) is 39.4. The molecule has 10 nitrogen and oxygen atoms in total. The van der Waals surface area contributed by atoms with Gasteiger partial charge in [0.25, 0.3) is 0 Å². The highest BCUT2D eigenvalue weighted by Gasteiger charge is 2.78. The molecule has 0 radical (unpaired) electrons. The maximum atomic E-state index is 15.2. The molecule has 2 fully saturated rings. The summed E-state index contributed by atoms with van der Waals surface area (Å²) in [4.78, 5) is 45.4. The van der Waals surface area contributed by atoms with E-state index in [0.29, 0.717) is 43.3 Å². The highest BCUT2D eigenvalue weighted by molar-refractivity contribution is 6.02. The third kappa shape index (κ3) is 5.08. The first-order chi connectivity index (χ1) is 25.1. The summed E-state index contributed by atoms with van der Waals surface area (Å²) in [5.41, 5.74) is 5.38. The summed E-state index contributed by atoms with van der Waals surface area (Å²) in [5, 5.41) is 48.8. The summed E-state index contributed by atoms with van der Waals surface area (Å²) in [7, 11) is 0. The van der Waals surface area contributed by atoms with Gasteiger partial charge >= 0.3 is 5.97 Å². The Labute approximate surface area is 318 Å². The average Bonchev–Trinajstić information content (AvgIpc) is 3.28. The van der Waals surface area contributed by atoms with Crippen molar-refractivity contribution in [3.8, 4) is 0 Å². The molecule has 6 aliphatic carbocycles. The first kappa shape index (κ1) is 38.4. The Balaban J connectivity index is 1.43. The number of fused-ring (bicyclic) bond motifs is 2. The van der Waals surface area contributed by atoms with Crippen LogP contribution in [0.2, 0.25) is 0 Å². The lowest BCUT2D eigenvalue weighted by molar-refractivity contribution is -0.162. The molecule has 0 aromatic heterocycles. The van der Waals surface area contributed by atoms with Crippen molar-refractivity contribution >= 4 is 29.6 Å². The van der Waals surface area contributed by atoms with E-state index in [2.05, 4.69) is 11.9 Å². The Hall–Kier alpha value is -3.86. The lowest BCUT2D eigenvalue weighted by atomic mass is 9.36. The number of hydrogen-bond donors (Lipinski definition) is 6. The monoisotopic (exact) mass is 739 g/mol. The second-order valence-corrected chi connectivity index (χ2v) is 18.7. The third-order valence-corrected chi connectivity index (χ3v) is 15.8. The van der Waals surface area contributed by atoms with Crippen LogP contribution in [-0.4, -0.2) is 67.3 Å².